The molecule has 20 heteroatoms. The zero-order chi connectivity index (χ0) is 51.4. The van der Waals surface area contributed by atoms with Crippen LogP contribution in [0.3, 0.4) is 0 Å². The number of nitrogens with one attached hydrogen (secondary N) is 2. The molecule has 6 heterocycles. The minimum atomic E-state index is -1.16. The second-order valence-corrected chi connectivity index (χ2v) is 21.5. The van der Waals surface area contributed by atoms with Gasteiger partial charge in [0.15, 0.2) is 0 Å². The summed E-state index contributed by atoms with van der Waals surface area (Å²) in [4.78, 5) is 83.5. The van der Waals surface area contributed by atoms with E-state index in [9.17, 15) is 29.1 Å². The number of aromatic hydroxyl groups is 1. The van der Waals surface area contributed by atoms with Crippen LogP contribution in [0, 0.1) is 17.3 Å². The number of likely N-dealkylation sites (N-methyl/N-ethyl adjacent to an activating group) is 2. The number of amides is 4. The van der Waals surface area contributed by atoms with Crippen molar-refractivity contribution in [2.75, 3.05) is 73.1 Å². The summed E-state index contributed by atoms with van der Waals surface area (Å²) in [6.07, 6.45) is 8.11. The van der Waals surface area contributed by atoms with Crippen molar-refractivity contribution in [2.45, 2.75) is 105 Å². The first-order valence-electron chi connectivity index (χ1n) is 26.0. The number of benzene rings is 2. The number of piperazine rings is 1. The second kappa shape index (κ2) is 27.8. The fraction of sp³-hybridized carbons (Fsp3) is 0.536. The smallest absolute Gasteiger partial charge is 0.324 e. The van der Waals surface area contributed by atoms with Gasteiger partial charge in [0.1, 0.15) is 23.9 Å². The van der Waals surface area contributed by atoms with E-state index < -0.39 is 47.2 Å². The van der Waals surface area contributed by atoms with Crippen LogP contribution in [0.4, 0.5) is 0 Å². The Labute approximate surface area is 477 Å². The molecule has 16 nitrogen and oxygen atoms in total. The molecule has 0 radical (unpaired) electrons. The van der Waals surface area contributed by atoms with Gasteiger partial charge in [-0.15, -0.1) is 0 Å². The van der Waals surface area contributed by atoms with Gasteiger partial charge in [-0.2, -0.15) is 54.0 Å². The molecule has 4 aromatic rings. The summed E-state index contributed by atoms with van der Waals surface area (Å²) in [6.45, 7) is 18.5. The molecule has 2 aromatic carbocycles. The summed E-state index contributed by atoms with van der Waals surface area (Å²) < 4.78 is 8.46. The average molecular weight is 1120 g/mol. The largest absolute Gasteiger partial charge is 0.508 e. The number of carbonyl (C=O) groups is 5. The Kier molecular flexibility index (Phi) is 23.3. The van der Waals surface area contributed by atoms with Crippen LogP contribution >= 0.6 is 54.0 Å². The maximum Gasteiger partial charge on any atom is 0.324 e. The van der Waals surface area contributed by atoms with E-state index in [1.807, 2.05) is 44.3 Å². The zero-order valence-electron chi connectivity index (χ0n) is 45.6. The number of hydrogen-bond donors (Lipinski definition) is 3. The Hall–Kier alpha value is -4.70. The van der Waals surface area contributed by atoms with Crippen LogP contribution in [0.15, 0.2) is 66.9 Å². The topological polar surface area (TPSA) is 173 Å². The van der Waals surface area contributed by atoms with Crippen molar-refractivity contribution in [1.82, 2.24) is 44.9 Å². The predicted octanol–water partition coefficient (Wildman–Crippen LogP) is 5.89. The van der Waals surface area contributed by atoms with E-state index in [-0.39, 0.29) is 104 Å². The number of esters is 1. The van der Waals surface area contributed by atoms with Crippen LogP contribution in [0.25, 0.3) is 33.3 Å². The third-order valence-electron chi connectivity index (χ3n) is 15.1. The van der Waals surface area contributed by atoms with Gasteiger partial charge in [0.2, 0.25) is 17.7 Å². The molecule has 6 bridgehead atoms. The van der Waals surface area contributed by atoms with Crippen molar-refractivity contribution in [2.24, 2.45) is 17.3 Å². The molecule has 76 heavy (non-hydrogen) atoms. The van der Waals surface area contributed by atoms with Gasteiger partial charge in [0.05, 0.1) is 18.2 Å². The monoisotopic (exact) mass is 1120 g/mol. The maximum atomic E-state index is 14.8. The van der Waals surface area contributed by atoms with E-state index in [1.165, 1.54) is 9.91 Å². The fourth-order valence-electron chi connectivity index (χ4n) is 11.2. The first kappa shape index (κ1) is 63.8. The number of rotatable bonds is 11. The van der Waals surface area contributed by atoms with E-state index in [4.69, 9.17) is 9.72 Å². The molecule has 3 fully saturated rings. The van der Waals surface area contributed by atoms with Crippen LogP contribution in [0.1, 0.15) is 77.6 Å². The molecule has 3 saturated heterocycles. The van der Waals surface area contributed by atoms with E-state index in [0.717, 1.165) is 77.1 Å². The number of phenolic OH excluding ortho intramolecular Hbond substituents is 1. The van der Waals surface area contributed by atoms with Gasteiger partial charge >= 0.3 is 5.97 Å². The summed E-state index contributed by atoms with van der Waals surface area (Å²) >= 11 is 0. The van der Waals surface area contributed by atoms with E-state index in [2.05, 4.69) is 78.1 Å². The van der Waals surface area contributed by atoms with Crippen LogP contribution < -0.4 is 10.7 Å². The maximum absolute atomic E-state index is 14.8. The number of carbonyl (C=O) groups excluding carboxylic acids is 5. The first-order valence-corrected chi connectivity index (χ1v) is 26.0. The summed E-state index contributed by atoms with van der Waals surface area (Å²) in [5, 5.41) is 16.9. The number of aromatic nitrogens is 2. The van der Waals surface area contributed by atoms with Crippen molar-refractivity contribution in [3.8, 4) is 28.1 Å². The van der Waals surface area contributed by atoms with E-state index in [1.54, 1.807) is 30.2 Å². The number of ether oxygens (including phenoxy) is 1. The number of nitrogens with zero attached hydrogens (tertiary/aromatic N) is 7. The highest BCUT2D eigenvalue weighted by molar-refractivity contribution is 7.59. The highest BCUT2D eigenvalue weighted by Gasteiger charge is 2.40. The molecule has 4 amide bonds. The molecule has 4 aliphatic rings. The minimum Gasteiger partial charge on any atom is -0.508 e. The average Bonchev–Trinajstić information content (AvgIpc) is 3.98. The highest BCUT2D eigenvalue weighted by atomic mass is 32.1. The summed E-state index contributed by atoms with van der Waals surface area (Å²) in [5.74, 6) is -2.65. The molecule has 3 N–H and O–H groups in total. The number of hydrogen-bond acceptors (Lipinski definition) is 11. The van der Waals surface area contributed by atoms with E-state index in [0.29, 0.717) is 50.9 Å². The molecule has 0 saturated carbocycles. The molecule has 2 aromatic heterocycles. The molecule has 4 atom stereocenters. The standard InChI is InChI=1S/C56H75N9O7.4H2S/c1-9-45-42(14-11-20-57-45)51-44-33-56(5,6)35-72-55(71)46-15-12-22-65(59-46)54(70)47(30-37-28-40(31-41(66)29-37)38-17-18-48(43(44)32-38)64(51)10-2)58-52(68)50(36(3)4)61(8)53(69)39-19-23-63(34-39)49(67)16-13-21-62-26-24-60(7)25-27-62;;;;/h11,13-14,16-18,20,28-29,31-32,36,39,46-47,50,59,66H,9-10,12,15,19,21-27,30,33-35H2,1-8H3,(H,58,68);4*1H2/b16-13+;;;;/t39-,46-,47-,50-;;;;/m0..../s1. The van der Waals surface area contributed by atoms with Crippen molar-refractivity contribution in [1.29, 1.82) is 0 Å². The number of pyridine rings is 1. The number of likely N-dealkylation sites (tertiary alicyclic amines) is 1. The predicted molar refractivity (Wildman–Crippen MR) is 320 cm³/mol. The normalized spacial score (nSPS) is 20.6. The molecular weight excluding hydrogens is 1040 g/mol. The van der Waals surface area contributed by atoms with Crippen molar-refractivity contribution in [3.63, 3.8) is 0 Å². The highest BCUT2D eigenvalue weighted by Crippen LogP contribution is 2.41. The number of cyclic esters (lactones) is 1. The van der Waals surface area contributed by atoms with Crippen molar-refractivity contribution < 1.29 is 33.8 Å². The van der Waals surface area contributed by atoms with Gasteiger partial charge < -0.3 is 34.4 Å². The number of phenols is 1. The van der Waals surface area contributed by atoms with Gasteiger partial charge in [-0.25, -0.2) is 5.43 Å². The summed E-state index contributed by atoms with van der Waals surface area (Å²) in [5.41, 5.74) is 10.1. The summed E-state index contributed by atoms with van der Waals surface area (Å²) in [6, 6.07) is 12.8. The quantitative estimate of drug-likeness (QED) is 0.121. The molecule has 8 rings (SSSR count). The van der Waals surface area contributed by atoms with Gasteiger partial charge in [-0.05, 0) is 111 Å². The number of hydrazine groups is 1. The third-order valence-corrected chi connectivity index (χ3v) is 15.1. The fourth-order valence-corrected chi connectivity index (χ4v) is 11.2. The lowest BCUT2D eigenvalue weighted by Gasteiger charge is -2.37. The number of aryl methyl sites for hydroxylation is 2. The van der Waals surface area contributed by atoms with Crippen LogP contribution in [-0.4, -0.2) is 160 Å². The third kappa shape index (κ3) is 14.5. The van der Waals surface area contributed by atoms with Crippen LogP contribution in [0.2, 0.25) is 0 Å². The molecular formula is C56H83N9O7S4. The van der Waals surface area contributed by atoms with Gasteiger partial charge in [0, 0.05) is 112 Å². The van der Waals surface area contributed by atoms with Gasteiger partial charge in [0.25, 0.3) is 5.91 Å². The number of fused-ring (bicyclic) bond motifs is 6. The van der Waals surface area contributed by atoms with Crippen LogP contribution in [0.5, 0.6) is 5.75 Å². The minimum absolute atomic E-state index is 0. The second-order valence-electron chi connectivity index (χ2n) is 21.5. The molecule has 0 aliphatic carbocycles. The lowest BCUT2D eigenvalue weighted by atomic mass is 9.84. The molecule has 0 unspecified atom stereocenters. The van der Waals surface area contributed by atoms with Crippen molar-refractivity contribution in [3.05, 3.63) is 83.7 Å². The lowest BCUT2D eigenvalue weighted by molar-refractivity contribution is -0.155. The SMILES string of the molecule is CCc1ncccc1-c1c2c3cc(ccc3n1CC)-c1cc(O)cc(c1)C[C@H](NC(=O)[C@H](C(C)C)N(C)C(=O)[C@H]1CCN(C(=O)/C=C/CN3CCN(C)CC3)C1)C(=O)N1CCC[C@H](N1)C(=O)OCC(C)(C)C2.S.S.S.S. The molecule has 4 aliphatic heterocycles. The Morgan fingerprint density at radius 1 is 0.961 bits per heavy atom. The molecule has 0 spiro atoms. The summed E-state index contributed by atoms with van der Waals surface area (Å²) in [7, 11) is 3.72. The van der Waals surface area contributed by atoms with Crippen LogP contribution in [-0.2, 0) is 54.5 Å². The Morgan fingerprint density at radius 3 is 2.39 bits per heavy atom. The van der Waals surface area contributed by atoms with Crippen molar-refractivity contribution >= 4 is 94.5 Å². The zero-order valence-corrected chi connectivity index (χ0v) is 49.6. The Morgan fingerprint density at radius 2 is 1.70 bits per heavy atom. The Bertz CT molecular complexity index is 2710. The lowest BCUT2D eigenvalue weighted by Crippen LogP contribution is -2.62. The van der Waals surface area contributed by atoms with Gasteiger partial charge in [-0.1, -0.05) is 52.8 Å². The van der Waals surface area contributed by atoms with E-state index >= 15 is 0 Å². The molecule has 418 valence electrons. The first-order chi connectivity index (χ1) is 34.4. The van der Waals surface area contributed by atoms with Gasteiger partial charge in [-0.3, -0.25) is 38.9 Å². The Balaban J connectivity index is 0.00000312.